The number of hydrogen-bond donors (Lipinski definition) is 2. The molecule has 0 unspecified atom stereocenters. The van der Waals surface area contributed by atoms with Crippen LogP contribution in [0.2, 0.25) is 0 Å². The predicted molar refractivity (Wildman–Crippen MR) is 54.2 cm³/mol. The molecule has 6 heteroatoms. The van der Waals surface area contributed by atoms with Crippen molar-refractivity contribution in [2.75, 3.05) is 12.4 Å². The molecular weight excluding hydrogens is 217 g/mol. The van der Waals surface area contributed by atoms with E-state index < -0.39 is 17.7 Å². The van der Waals surface area contributed by atoms with Gasteiger partial charge in [-0.2, -0.15) is 0 Å². The van der Waals surface area contributed by atoms with Gasteiger partial charge in [-0.05, 0) is 6.07 Å². The van der Waals surface area contributed by atoms with E-state index in [0.717, 1.165) is 12.1 Å². The summed E-state index contributed by atoms with van der Waals surface area (Å²) in [7, 11) is 1.25. The Bertz CT molecular complexity index is 445. The lowest BCUT2D eigenvalue weighted by Gasteiger charge is -2.09. The van der Waals surface area contributed by atoms with Crippen molar-refractivity contribution < 1.29 is 23.8 Å². The van der Waals surface area contributed by atoms with E-state index in [1.807, 2.05) is 0 Å². The van der Waals surface area contributed by atoms with E-state index in [-0.39, 0.29) is 17.0 Å². The number of hydrogen-bond acceptors (Lipinski definition) is 3. The number of amides is 1. The lowest BCUT2D eigenvalue weighted by Crippen LogP contribution is -2.11. The molecule has 0 aliphatic heterocycles. The molecule has 0 spiro atoms. The highest BCUT2D eigenvalue weighted by Gasteiger charge is 2.16. The van der Waals surface area contributed by atoms with Gasteiger partial charge >= 0.3 is 5.97 Å². The van der Waals surface area contributed by atoms with Crippen LogP contribution in [-0.2, 0) is 4.79 Å². The van der Waals surface area contributed by atoms with Gasteiger partial charge in [-0.3, -0.25) is 4.79 Å². The van der Waals surface area contributed by atoms with Crippen molar-refractivity contribution in [1.29, 1.82) is 0 Å². The zero-order valence-corrected chi connectivity index (χ0v) is 8.70. The Morgan fingerprint density at radius 1 is 1.44 bits per heavy atom. The minimum absolute atomic E-state index is 0.00162. The number of benzene rings is 1. The Morgan fingerprint density at radius 2 is 2.06 bits per heavy atom. The second kappa shape index (κ2) is 4.61. The number of anilines is 1. The fourth-order valence-corrected chi connectivity index (χ4v) is 1.18. The smallest absolute Gasteiger partial charge is 0.337 e. The maximum Gasteiger partial charge on any atom is 0.337 e. The topological polar surface area (TPSA) is 75.6 Å². The van der Waals surface area contributed by atoms with Gasteiger partial charge in [-0.1, -0.05) is 0 Å². The summed E-state index contributed by atoms with van der Waals surface area (Å²) in [6.45, 7) is 1.22. The summed E-state index contributed by atoms with van der Waals surface area (Å²) in [4.78, 5) is 21.6. The zero-order chi connectivity index (χ0) is 12.3. The van der Waals surface area contributed by atoms with Crippen LogP contribution in [-0.4, -0.2) is 24.1 Å². The first kappa shape index (κ1) is 12.0. The number of nitrogens with one attached hydrogen (secondary N) is 1. The number of carboxylic acids is 1. The van der Waals surface area contributed by atoms with Crippen molar-refractivity contribution in [2.45, 2.75) is 6.92 Å². The highest BCUT2D eigenvalue weighted by molar-refractivity contribution is 6.00. The van der Waals surface area contributed by atoms with Crippen LogP contribution in [0.25, 0.3) is 0 Å². The molecular formula is C10H10FNO4. The van der Waals surface area contributed by atoms with Gasteiger partial charge < -0.3 is 15.2 Å². The molecule has 0 saturated heterocycles. The van der Waals surface area contributed by atoms with Gasteiger partial charge in [0.2, 0.25) is 5.91 Å². The van der Waals surface area contributed by atoms with Crippen LogP contribution < -0.4 is 10.1 Å². The normalized spacial score (nSPS) is 9.69. The van der Waals surface area contributed by atoms with Gasteiger partial charge in [0.1, 0.15) is 0 Å². The van der Waals surface area contributed by atoms with Crippen molar-refractivity contribution in [3.8, 4) is 5.75 Å². The fourth-order valence-electron chi connectivity index (χ4n) is 1.18. The summed E-state index contributed by atoms with van der Waals surface area (Å²) in [6, 6.07) is 1.92. The Kier molecular flexibility index (Phi) is 3.44. The van der Waals surface area contributed by atoms with Crippen LogP contribution in [0.5, 0.6) is 5.75 Å². The molecule has 0 bridgehead atoms. The van der Waals surface area contributed by atoms with E-state index in [0.29, 0.717) is 0 Å². The lowest BCUT2D eigenvalue weighted by atomic mass is 10.1. The van der Waals surface area contributed by atoms with Crippen LogP contribution in [0, 0.1) is 5.82 Å². The van der Waals surface area contributed by atoms with Crippen molar-refractivity contribution in [3.63, 3.8) is 0 Å². The number of rotatable bonds is 3. The quantitative estimate of drug-likeness (QED) is 0.820. The van der Waals surface area contributed by atoms with E-state index >= 15 is 0 Å². The number of methoxy groups -OCH3 is 1. The molecule has 0 fully saturated rings. The molecule has 0 atom stereocenters. The summed E-state index contributed by atoms with van der Waals surface area (Å²) in [5, 5.41) is 11.1. The maximum absolute atomic E-state index is 13.2. The number of carbonyl (C=O) groups excluding carboxylic acids is 1. The first-order chi connectivity index (χ1) is 7.45. The predicted octanol–water partition coefficient (Wildman–Crippen LogP) is 1.49. The Balaban J connectivity index is 3.30. The molecule has 2 N–H and O–H groups in total. The van der Waals surface area contributed by atoms with Crippen LogP contribution in [0.4, 0.5) is 10.1 Å². The maximum atomic E-state index is 13.2. The monoisotopic (exact) mass is 227 g/mol. The molecule has 1 rings (SSSR count). The molecule has 0 aromatic heterocycles. The van der Waals surface area contributed by atoms with Gasteiger partial charge in [0, 0.05) is 13.0 Å². The van der Waals surface area contributed by atoms with Crippen molar-refractivity contribution in [2.24, 2.45) is 0 Å². The van der Waals surface area contributed by atoms with Gasteiger partial charge in [0.15, 0.2) is 11.6 Å². The number of carboxylic acid groups (broad SMARTS) is 1. The summed E-state index contributed by atoms with van der Waals surface area (Å²) < 4.78 is 17.9. The molecule has 0 aliphatic carbocycles. The van der Waals surface area contributed by atoms with Gasteiger partial charge in [0.25, 0.3) is 0 Å². The Hall–Kier alpha value is -2.11. The standard InChI is InChI=1S/C10H10FNO4/c1-5(13)12-8-4-9(16-2)7(11)3-6(8)10(14)15/h3-4H,1-2H3,(H,12,13)(H,14,15). The van der Waals surface area contributed by atoms with Crippen LogP contribution in [0.1, 0.15) is 17.3 Å². The van der Waals surface area contributed by atoms with Crippen LogP contribution in [0.3, 0.4) is 0 Å². The van der Waals surface area contributed by atoms with Crippen LogP contribution >= 0.6 is 0 Å². The van der Waals surface area contributed by atoms with E-state index in [1.54, 1.807) is 0 Å². The number of aromatic carboxylic acids is 1. The van der Waals surface area contributed by atoms with E-state index in [9.17, 15) is 14.0 Å². The van der Waals surface area contributed by atoms with Gasteiger partial charge in [-0.25, -0.2) is 9.18 Å². The summed E-state index contributed by atoms with van der Waals surface area (Å²) in [5.41, 5.74) is -0.327. The molecule has 1 amide bonds. The van der Waals surface area contributed by atoms with Crippen molar-refractivity contribution in [1.82, 2.24) is 0 Å². The zero-order valence-electron chi connectivity index (χ0n) is 8.70. The summed E-state index contributed by atoms with van der Waals surface area (Å²) in [5.74, 6) is -2.70. The largest absolute Gasteiger partial charge is 0.494 e. The van der Waals surface area contributed by atoms with E-state index in [4.69, 9.17) is 5.11 Å². The SMILES string of the molecule is COc1cc(NC(C)=O)c(C(=O)O)cc1F. The van der Waals surface area contributed by atoms with E-state index in [1.165, 1.54) is 14.0 Å². The highest BCUT2D eigenvalue weighted by atomic mass is 19.1. The number of ether oxygens (including phenoxy) is 1. The minimum Gasteiger partial charge on any atom is -0.494 e. The lowest BCUT2D eigenvalue weighted by molar-refractivity contribution is -0.114. The number of halogens is 1. The number of carbonyl (C=O) groups is 2. The highest BCUT2D eigenvalue weighted by Crippen LogP contribution is 2.26. The van der Waals surface area contributed by atoms with Gasteiger partial charge in [-0.15, -0.1) is 0 Å². The minimum atomic E-state index is -1.33. The molecule has 0 aliphatic rings. The summed E-state index contributed by atoms with van der Waals surface area (Å²) in [6.07, 6.45) is 0. The Labute approximate surface area is 90.8 Å². The van der Waals surface area contributed by atoms with Gasteiger partial charge in [0.05, 0.1) is 18.4 Å². The first-order valence-electron chi connectivity index (χ1n) is 4.34. The van der Waals surface area contributed by atoms with Crippen molar-refractivity contribution in [3.05, 3.63) is 23.5 Å². The average Bonchev–Trinajstić information content (AvgIpc) is 2.19. The third kappa shape index (κ3) is 2.47. The molecule has 0 saturated carbocycles. The molecule has 5 nitrogen and oxygen atoms in total. The second-order valence-electron chi connectivity index (χ2n) is 3.02. The average molecular weight is 227 g/mol. The molecule has 1 aromatic carbocycles. The Morgan fingerprint density at radius 3 is 2.50 bits per heavy atom. The second-order valence-corrected chi connectivity index (χ2v) is 3.02. The molecule has 86 valence electrons. The molecule has 0 heterocycles. The molecule has 16 heavy (non-hydrogen) atoms. The van der Waals surface area contributed by atoms with Crippen molar-refractivity contribution >= 4 is 17.6 Å². The molecule has 1 aromatic rings. The fraction of sp³-hybridized carbons (Fsp3) is 0.200. The third-order valence-corrected chi connectivity index (χ3v) is 1.83. The van der Waals surface area contributed by atoms with E-state index in [2.05, 4.69) is 10.1 Å². The molecule has 0 radical (unpaired) electrons. The first-order valence-corrected chi connectivity index (χ1v) is 4.34. The summed E-state index contributed by atoms with van der Waals surface area (Å²) >= 11 is 0. The van der Waals surface area contributed by atoms with Crippen LogP contribution in [0.15, 0.2) is 12.1 Å². The third-order valence-electron chi connectivity index (χ3n) is 1.83.